The van der Waals surface area contributed by atoms with Gasteiger partial charge in [0.1, 0.15) is 0 Å². The summed E-state index contributed by atoms with van der Waals surface area (Å²) in [4.78, 5) is 12.0. The number of hydrogen-bond donors (Lipinski definition) is 1. The Balaban J connectivity index is 1.40. The predicted molar refractivity (Wildman–Crippen MR) is 107 cm³/mol. The molecule has 0 saturated carbocycles. The number of nitrogens with one attached hydrogen (secondary N) is 1. The lowest BCUT2D eigenvalue weighted by Crippen LogP contribution is -2.38. The van der Waals surface area contributed by atoms with Gasteiger partial charge in [-0.25, -0.2) is 8.42 Å². The van der Waals surface area contributed by atoms with E-state index in [0.29, 0.717) is 19.6 Å². The van der Waals surface area contributed by atoms with E-state index in [2.05, 4.69) is 17.4 Å². The van der Waals surface area contributed by atoms with E-state index in [1.54, 1.807) is 0 Å². The number of amides is 1. The van der Waals surface area contributed by atoms with Crippen molar-refractivity contribution < 1.29 is 13.2 Å². The SMILES string of the molecule is O=C(CCS(=O)(=O)N1CCc2ccccc2C1)NCCCc1ccccc1. The zero-order valence-corrected chi connectivity index (χ0v) is 16.2. The number of rotatable bonds is 8. The van der Waals surface area contributed by atoms with Crippen molar-refractivity contribution in [2.24, 2.45) is 0 Å². The molecule has 2 aromatic carbocycles. The Labute approximate surface area is 161 Å². The van der Waals surface area contributed by atoms with Crippen molar-refractivity contribution >= 4 is 15.9 Å². The Bertz CT molecular complexity index is 866. The van der Waals surface area contributed by atoms with E-state index in [0.717, 1.165) is 24.8 Å². The van der Waals surface area contributed by atoms with Gasteiger partial charge in [0, 0.05) is 26.1 Å². The minimum Gasteiger partial charge on any atom is -0.356 e. The lowest BCUT2D eigenvalue weighted by molar-refractivity contribution is -0.120. The van der Waals surface area contributed by atoms with Crippen molar-refractivity contribution in [1.82, 2.24) is 9.62 Å². The summed E-state index contributed by atoms with van der Waals surface area (Å²) >= 11 is 0. The molecule has 0 bridgehead atoms. The molecule has 0 radical (unpaired) electrons. The highest BCUT2D eigenvalue weighted by molar-refractivity contribution is 7.89. The summed E-state index contributed by atoms with van der Waals surface area (Å²) in [6, 6.07) is 18.0. The van der Waals surface area contributed by atoms with Crippen molar-refractivity contribution in [3.8, 4) is 0 Å². The molecule has 0 fully saturated rings. The summed E-state index contributed by atoms with van der Waals surface area (Å²) in [5.74, 6) is -0.344. The Morgan fingerprint density at radius 2 is 1.70 bits per heavy atom. The van der Waals surface area contributed by atoms with Crippen LogP contribution in [0.1, 0.15) is 29.5 Å². The molecule has 0 unspecified atom stereocenters. The number of benzene rings is 2. The molecule has 1 N–H and O–H groups in total. The van der Waals surface area contributed by atoms with Gasteiger partial charge in [-0.05, 0) is 36.0 Å². The van der Waals surface area contributed by atoms with Crippen LogP contribution < -0.4 is 5.32 Å². The van der Waals surface area contributed by atoms with Gasteiger partial charge in [-0.3, -0.25) is 4.79 Å². The average Bonchev–Trinajstić information content (AvgIpc) is 2.70. The van der Waals surface area contributed by atoms with E-state index in [9.17, 15) is 13.2 Å². The molecule has 2 aromatic rings. The number of fused-ring (bicyclic) bond motifs is 1. The molecule has 0 aliphatic carbocycles. The summed E-state index contributed by atoms with van der Waals surface area (Å²) in [5, 5.41) is 2.82. The molecule has 1 aliphatic heterocycles. The highest BCUT2D eigenvalue weighted by atomic mass is 32.2. The fourth-order valence-corrected chi connectivity index (χ4v) is 4.72. The van der Waals surface area contributed by atoms with Gasteiger partial charge in [-0.1, -0.05) is 54.6 Å². The van der Waals surface area contributed by atoms with E-state index in [4.69, 9.17) is 0 Å². The van der Waals surface area contributed by atoms with E-state index in [-0.39, 0.29) is 18.1 Å². The van der Waals surface area contributed by atoms with Gasteiger partial charge in [-0.2, -0.15) is 4.31 Å². The third-order valence-electron chi connectivity index (χ3n) is 4.88. The quantitative estimate of drug-likeness (QED) is 0.709. The summed E-state index contributed by atoms with van der Waals surface area (Å²) in [7, 11) is -3.42. The molecule has 5 nitrogen and oxygen atoms in total. The monoisotopic (exact) mass is 386 g/mol. The van der Waals surface area contributed by atoms with Gasteiger partial charge in [-0.15, -0.1) is 0 Å². The molecule has 1 heterocycles. The molecule has 0 spiro atoms. The Kier molecular flexibility index (Phi) is 6.63. The molecular weight excluding hydrogens is 360 g/mol. The number of carbonyl (C=O) groups is 1. The van der Waals surface area contributed by atoms with Crippen molar-refractivity contribution in [3.05, 3.63) is 71.3 Å². The summed E-state index contributed by atoms with van der Waals surface area (Å²) in [5.41, 5.74) is 3.50. The molecule has 1 amide bonds. The normalized spacial score (nSPS) is 14.5. The number of nitrogens with zero attached hydrogens (tertiary/aromatic N) is 1. The zero-order chi connectivity index (χ0) is 19.1. The smallest absolute Gasteiger partial charge is 0.221 e. The molecule has 27 heavy (non-hydrogen) atoms. The van der Waals surface area contributed by atoms with Crippen molar-refractivity contribution in [1.29, 1.82) is 0 Å². The van der Waals surface area contributed by atoms with Crippen molar-refractivity contribution in [2.75, 3.05) is 18.8 Å². The van der Waals surface area contributed by atoms with E-state index < -0.39 is 10.0 Å². The van der Waals surface area contributed by atoms with Gasteiger partial charge < -0.3 is 5.32 Å². The van der Waals surface area contributed by atoms with Gasteiger partial charge in [0.15, 0.2) is 0 Å². The molecule has 6 heteroatoms. The summed E-state index contributed by atoms with van der Waals surface area (Å²) in [6.07, 6.45) is 2.46. The minimum absolute atomic E-state index is 0.00577. The molecule has 0 saturated heterocycles. The first kappa shape index (κ1) is 19.6. The van der Waals surface area contributed by atoms with Crippen LogP contribution in [0.2, 0.25) is 0 Å². The Morgan fingerprint density at radius 3 is 2.48 bits per heavy atom. The van der Waals surface area contributed by atoms with Gasteiger partial charge in [0.2, 0.25) is 15.9 Å². The standard InChI is InChI=1S/C21H26N2O3S/c24-21(22-14-6-9-18-7-2-1-3-8-18)13-16-27(25,26)23-15-12-19-10-4-5-11-20(19)17-23/h1-5,7-8,10-11H,6,9,12-17H2,(H,22,24). The van der Waals surface area contributed by atoms with Crippen molar-refractivity contribution in [2.45, 2.75) is 32.2 Å². The van der Waals surface area contributed by atoms with E-state index in [1.807, 2.05) is 42.5 Å². The van der Waals surface area contributed by atoms with Crippen LogP contribution in [-0.2, 0) is 34.2 Å². The third kappa shape index (κ3) is 5.65. The number of aryl methyl sites for hydroxylation is 1. The highest BCUT2D eigenvalue weighted by Gasteiger charge is 2.26. The average molecular weight is 387 g/mol. The maximum atomic E-state index is 12.6. The van der Waals surface area contributed by atoms with Crippen LogP contribution in [0, 0.1) is 0 Å². The summed E-state index contributed by atoms with van der Waals surface area (Å²) in [6.45, 7) is 1.44. The molecular formula is C21H26N2O3S. The number of hydrogen-bond acceptors (Lipinski definition) is 3. The van der Waals surface area contributed by atoms with Gasteiger partial charge in [0.25, 0.3) is 0 Å². The maximum absolute atomic E-state index is 12.6. The molecule has 0 atom stereocenters. The van der Waals surface area contributed by atoms with Gasteiger partial charge >= 0.3 is 0 Å². The summed E-state index contributed by atoms with van der Waals surface area (Å²) < 4.78 is 26.6. The zero-order valence-electron chi connectivity index (χ0n) is 15.4. The predicted octanol–water partition coefficient (Wildman–Crippen LogP) is 2.51. The largest absolute Gasteiger partial charge is 0.356 e. The minimum atomic E-state index is -3.42. The Hall–Kier alpha value is -2.18. The van der Waals surface area contributed by atoms with E-state index in [1.165, 1.54) is 15.4 Å². The van der Waals surface area contributed by atoms with Gasteiger partial charge in [0.05, 0.1) is 5.75 Å². The maximum Gasteiger partial charge on any atom is 0.221 e. The van der Waals surface area contributed by atoms with Crippen molar-refractivity contribution in [3.63, 3.8) is 0 Å². The van der Waals surface area contributed by atoms with Crippen LogP contribution >= 0.6 is 0 Å². The van der Waals surface area contributed by atoms with Crippen LogP contribution in [0.4, 0.5) is 0 Å². The van der Waals surface area contributed by atoms with Crippen LogP contribution in [0.15, 0.2) is 54.6 Å². The number of carbonyl (C=O) groups excluding carboxylic acids is 1. The van der Waals surface area contributed by atoms with Crippen LogP contribution in [0.25, 0.3) is 0 Å². The highest BCUT2D eigenvalue weighted by Crippen LogP contribution is 2.21. The van der Waals surface area contributed by atoms with Crippen LogP contribution in [0.5, 0.6) is 0 Å². The fourth-order valence-electron chi connectivity index (χ4n) is 3.31. The molecule has 0 aromatic heterocycles. The Morgan fingerprint density at radius 1 is 1.00 bits per heavy atom. The third-order valence-corrected chi connectivity index (χ3v) is 6.70. The first-order valence-corrected chi connectivity index (χ1v) is 11.0. The second-order valence-corrected chi connectivity index (χ2v) is 8.95. The fraction of sp³-hybridized carbons (Fsp3) is 0.381. The lowest BCUT2D eigenvalue weighted by Gasteiger charge is -2.28. The lowest BCUT2D eigenvalue weighted by atomic mass is 10.0. The first-order valence-electron chi connectivity index (χ1n) is 9.40. The molecule has 1 aliphatic rings. The molecule has 3 rings (SSSR count). The van der Waals surface area contributed by atoms with E-state index >= 15 is 0 Å². The number of sulfonamides is 1. The first-order chi connectivity index (χ1) is 13.0. The topological polar surface area (TPSA) is 66.5 Å². The van der Waals surface area contributed by atoms with Crippen LogP contribution in [-0.4, -0.2) is 37.5 Å². The van der Waals surface area contributed by atoms with Crippen LogP contribution in [0.3, 0.4) is 0 Å². The second-order valence-electron chi connectivity index (χ2n) is 6.86. The molecule has 144 valence electrons. The second kappa shape index (κ2) is 9.15.